The molecule has 2 aliphatic rings. The maximum atomic E-state index is 13.7. The van der Waals surface area contributed by atoms with Crippen molar-refractivity contribution in [3.05, 3.63) is 58.7 Å². The van der Waals surface area contributed by atoms with E-state index in [1.165, 1.54) is 23.2 Å². The Kier molecular flexibility index (Phi) is 7.56. The van der Waals surface area contributed by atoms with Crippen molar-refractivity contribution < 1.29 is 17.6 Å². The molecule has 0 radical (unpaired) electrons. The van der Waals surface area contributed by atoms with E-state index in [9.17, 15) is 17.6 Å². The van der Waals surface area contributed by atoms with E-state index in [2.05, 4.69) is 38.7 Å². The molecule has 0 amide bonds. The van der Waals surface area contributed by atoms with Gasteiger partial charge in [-0.3, -0.25) is 15.3 Å². The van der Waals surface area contributed by atoms with Crippen molar-refractivity contribution in [2.75, 3.05) is 18.5 Å². The zero-order valence-electron chi connectivity index (χ0n) is 19.6. The van der Waals surface area contributed by atoms with Crippen LogP contribution in [0.2, 0.25) is 0 Å². The Morgan fingerprint density at radius 2 is 2.11 bits per heavy atom. The predicted octanol–water partition coefficient (Wildman–Crippen LogP) is 5.75. The number of rotatable bonds is 7. The number of nitrogens with zero attached hydrogens (tertiary/aromatic N) is 4. The number of aryl methyl sites for hydroxylation is 1. The molecule has 3 unspecified atom stereocenters. The van der Waals surface area contributed by atoms with Gasteiger partial charge in [0.15, 0.2) is 0 Å². The number of aromatic nitrogens is 1. The smallest absolute Gasteiger partial charge is 0.352 e. The minimum Gasteiger partial charge on any atom is -0.352 e. The lowest BCUT2D eigenvalue weighted by Gasteiger charge is -2.38. The number of hydrazone groups is 1. The molecule has 1 saturated heterocycles. The predicted molar refractivity (Wildman–Crippen MR) is 131 cm³/mol. The van der Waals surface area contributed by atoms with Crippen LogP contribution in [0.25, 0.3) is 0 Å². The SMILES string of the molecule is C=NN1CCCC(c2ccc(F)cc2C(F)(F)F)/C1=N/CNC1CC(C)/C1=C\Nc1cc(C)ns1. The Morgan fingerprint density at radius 1 is 1.31 bits per heavy atom. The Hall–Kier alpha value is -2.79. The summed E-state index contributed by atoms with van der Waals surface area (Å²) in [5.41, 5.74) is 1.19. The first-order valence-corrected chi connectivity index (χ1v) is 12.2. The molecule has 1 aliphatic heterocycles. The molecule has 0 spiro atoms. The molecule has 1 aromatic heterocycles. The highest BCUT2D eigenvalue weighted by Gasteiger charge is 2.39. The van der Waals surface area contributed by atoms with Crippen molar-refractivity contribution in [1.29, 1.82) is 0 Å². The van der Waals surface area contributed by atoms with Crippen LogP contribution in [0.5, 0.6) is 0 Å². The van der Waals surface area contributed by atoms with Gasteiger partial charge in [-0.2, -0.15) is 22.6 Å². The molecule has 1 saturated carbocycles. The highest BCUT2D eigenvalue weighted by atomic mass is 32.1. The third kappa shape index (κ3) is 5.72. The highest BCUT2D eigenvalue weighted by molar-refractivity contribution is 7.10. The molecule has 1 aromatic carbocycles. The molecule has 2 heterocycles. The molecule has 2 N–H and O–H groups in total. The van der Waals surface area contributed by atoms with Gasteiger partial charge in [-0.25, -0.2) is 4.39 Å². The summed E-state index contributed by atoms with van der Waals surface area (Å²) in [5, 5.41) is 13.2. The standard InChI is InChI=1S/C24H28F4N6S/c1-14-9-21(19(14)12-30-22-10-15(2)33-35-22)31-13-32-23-18(5-4-8-34(23)29-3)17-7-6-16(25)11-20(17)24(26,27)28/h6-7,10-12,14,18,21,30-31H,3-5,8-9,13H2,1-2H3/b19-12+,32-23-. The molecule has 2 fully saturated rings. The van der Waals surface area contributed by atoms with Crippen molar-refractivity contribution in [3.8, 4) is 0 Å². The molecular formula is C24H28F4N6S. The number of anilines is 1. The van der Waals surface area contributed by atoms with E-state index >= 15 is 0 Å². The maximum absolute atomic E-state index is 13.7. The van der Waals surface area contributed by atoms with Crippen LogP contribution in [0.3, 0.4) is 0 Å². The number of benzene rings is 1. The molecule has 4 rings (SSSR count). The van der Waals surface area contributed by atoms with Gasteiger partial charge >= 0.3 is 6.18 Å². The molecule has 3 atom stereocenters. The van der Waals surface area contributed by atoms with Crippen LogP contribution in [0.15, 0.2) is 46.1 Å². The summed E-state index contributed by atoms with van der Waals surface area (Å²) in [5.74, 6) is -0.757. The molecule has 11 heteroatoms. The Morgan fingerprint density at radius 3 is 2.77 bits per heavy atom. The largest absolute Gasteiger partial charge is 0.416 e. The van der Waals surface area contributed by atoms with Crippen LogP contribution in [-0.4, -0.2) is 41.2 Å². The summed E-state index contributed by atoms with van der Waals surface area (Å²) < 4.78 is 59.0. The number of alkyl halides is 3. The first-order valence-electron chi connectivity index (χ1n) is 11.5. The summed E-state index contributed by atoms with van der Waals surface area (Å²) in [4.78, 5) is 4.62. The second kappa shape index (κ2) is 10.4. The average molecular weight is 509 g/mol. The Bertz CT molecular complexity index is 1130. The molecule has 1 aliphatic carbocycles. The number of halogens is 4. The summed E-state index contributed by atoms with van der Waals surface area (Å²) in [6, 6.07) is 4.91. The number of aliphatic imine (C=N–C) groups is 1. The van der Waals surface area contributed by atoms with Crippen LogP contribution in [0.4, 0.5) is 22.6 Å². The number of hydrogen-bond donors (Lipinski definition) is 2. The van der Waals surface area contributed by atoms with Crippen molar-refractivity contribution in [1.82, 2.24) is 14.7 Å². The zero-order chi connectivity index (χ0) is 25.2. The fraction of sp³-hybridized carbons (Fsp3) is 0.458. The second-order valence-corrected chi connectivity index (χ2v) is 9.68. The monoisotopic (exact) mass is 508 g/mol. The number of piperidine rings is 1. The number of amidine groups is 1. The molecular weight excluding hydrogens is 480 g/mol. The first-order chi connectivity index (χ1) is 16.7. The van der Waals surface area contributed by atoms with E-state index in [0.29, 0.717) is 37.2 Å². The minimum absolute atomic E-state index is 0.00732. The summed E-state index contributed by atoms with van der Waals surface area (Å²) in [6.07, 6.45) is -0.663. The molecule has 6 nitrogen and oxygen atoms in total. The molecule has 0 bridgehead atoms. The van der Waals surface area contributed by atoms with Gasteiger partial charge in [0, 0.05) is 31.4 Å². The van der Waals surface area contributed by atoms with E-state index in [-0.39, 0.29) is 18.3 Å². The maximum Gasteiger partial charge on any atom is 0.416 e. The van der Waals surface area contributed by atoms with Crippen LogP contribution >= 0.6 is 11.5 Å². The lowest BCUT2D eigenvalue weighted by atomic mass is 9.76. The van der Waals surface area contributed by atoms with Gasteiger partial charge < -0.3 is 5.32 Å². The zero-order valence-corrected chi connectivity index (χ0v) is 20.4. The molecule has 2 aromatic rings. The molecule has 188 valence electrons. The summed E-state index contributed by atoms with van der Waals surface area (Å²) in [7, 11) is 0. The third-order valence-corrected chi connectivity index (χ3v) is 7.27. The van der Waals surface area contributed by atoms with Gasteiger partial charge in [0.05, 0.1) is 17.9 Å². The second-order valence-electron chi connectivity index (χ2n) is 8.88. The average Bonchev–Trinajstić information content (AvgIpc) is 3.22. The van der Waals surface area contributed by atoms with Gasteiger partial charge in [-0.15, -0.1) is 0 Å². The summed E-state index contributed by atoms with van der Waals surface area (Å²) in [6.45, 7) is 8.38. The third-order valence-electron chi connectivity index (χ3n) is 6.45. The number of hydrogen-bond acceptors (Lipinski definition) is 6. The van der Waals surface area contributed by atoms with Crippen molar-refractivity contribution >= 4 is 29.1 Å². The van der Waals surface area contributed by atoms with Crippen molar-refractivity contribution in [2.45, 2.75) is 51.2 Å². The van der Waals surface area contributed by atoms with Gasteiger partial charge in [0.1, 0.15) is 16.7 Å². The lowest BCUT2D eigenvalue weighted by molar-refractivity contribution is -0.138. The van der Waals surface area contributed by atoms with Crippen LogP contribution in [-0.2, 0) is 6.18 Å². The van der Waals surface area contributed by atoms with Gasteiger partial charge in [0.25, 0.3) is 0 Å². The van der Waals surface area contributed by atoms with Crippen LogP contribution in [0.1, 0.15) is 48.9 Å². The Labute approximate surface area is 206 Å². The van der Waals surface area contributed by atoms with E-state index in [1.54, 1.807) is 5.01 Å². The van der Waals surface area contributed by atoms with E-state index in [0.717, 1.165) is 23.2 Å². The van der Waals surface area contributed by atoms with Gasteiger partial charge in [-0.1, -0.05) is 13.0 Å². The quantitative estimate of drug-likeness (QED) is 0.369. The first kappa shape index (κ1) is 25.3. The highest BCUT2D eigenvalue weighted by Crippen LogP contribution is 2.40. The fourth-order valence-electron chi connectivity index (χ4n) is 4.65. The van der Waals surface area contributed by atoms with E-state index in [4.69, 9.17) is 0 Å². The Balaban J connectivity index is 1.51. The van der Waals surface area contributed by atoms with Crippen molar-refractivity contribution in [3.63, 3.8) is 0 Å². The van der Waals surface area contributed by atoms with Crippen molar-refractivity contribution in [2.24, 2.45) is 16.0 Å². The fourth-order valence-corrected chi connectivity index (χ4v) is 5.28. The van der Waals surface area contributed by atoms with Gasteiger partial charge in [-0.05, 0) is 73.0 Å². The van der Waals surface area contributed by atoms with Crippen LogP contribution < -0.4 is 10.6 Å². The normalized spacial score (nSPS) is 25.1. The number of nitrogens with one attached hydrogen (secondary N) is 2. The van der Waals surface area contributed by atoms with E-state index < -0.39 is 23.5 Å². The van der Waals surface area contributed by atoms with Crippen LogP contribution in [0, 0.1) is 18.7 Å². The lowest BCUT2D eigenvalue weighted by Crippen LogP contribution is -2.44. The summed E-state index contributed by atoms with van der Waals surface area (Å²) >= 11 is 1.40. The van der Waals surface area contributed by atoms with Gasteiger partial charge in [0.2, 0.25) is 0 Å². The molecule has 35 heavy (non-hydrogen) atoms. The topological polar surface area (TPSA) is 64.9 Å². The van der Waals surface area contributed by atoms with E-state index in [1.807, 2.05) is 19.2 Å². The minimum atomic E-state index is -4.67.